The predicted octanol–water partition coefficient (Wildman–Crippen LogP) is 4.18. The first-order chi connectivity index (χ1) is 13.8. The third kappa shape index (κ3) is 5.88. The highest BCUT2D eigenvalue weighted by atomic mass is 32.2. The van der Waals surface area contributed by atoms with Gasteiger partial charge >= 0.3 is 0 Å². The third-order valence-corrected chi connectivity index (χ3v) is 6.05. The van der Waals surface area contributed by atoms with Crippen LogP contribution in [0.1, 0.15) is 18.9 Å². The maximum atomic E-state index is 12.1. The molecule has 0 bridgehead atoms. The Hall–Kier alpha value is -2.71. The van der Waals surface area contributed by atoms with Gasteiger partial charge in [-0.1, -0.05) is 37.6 Å². The first-order valence-corrected chi connectivity index (χ1v) is 11.9. The fourth-order valence-electron chi connectivity index (χ4n) is 2.68. The number of carbonyl (C=O) groups excluding carboxylic acids is 1. The van der Waals surface area contributed by atoms with Crippen LogP contribution >= 0.6 is 11.3 Å². The molecule has 1 aromatic heterocycles. The molecule has 0 fully saturated rings. The Morgan fingerprint density at radius 1 is 1.10 bits per heavy atom. The van der Waals surface area contributed by atoms with Gasteiger partial charge in [-0.2, -0.15) is 0 Å². The van der Waals surface area contributed by atoms with Crippen LogP contribution in [-0.2, 0) is 21.1 Å². The van der Waals surface area contributed by atoms with Crippen molar-refractivity contribution in [2.45, 2.75) is 24.7 Å². The van der Waals surface area contributed by atoms with Crippen molar-refractivity contribution in [3.05, 3.63) is 59.5 Å². The van der Waals surface area contributed by atoms with E-state index in [4.69, 9.17) is 4.74 Å². The molecule has 8 heteroatoms. The van der Waals surface area contributed by atoms with Gasteiger partial charge in [0, 0.05) is 17.2 Å². The maximum absolute atomic E-state index is 12.1. The number of benzene rings is 2. The predicted molar refractivity (Wildman–Crippen MR) is 115 cm³/mol. The molecular weight excluding hydrogens is 408 g/mol. The lowest BCUT2D eigenvalue weighted by Crippen LogP contribution is -2.20. The molecule has 6 nitrogen and oxygen atoms in total. The number of ether oxygens (including phenoxy) is 1. The highest BCUT2D eigenvalue weighted by Crippen LogP contribution is 2.25. The smallest absolute Gasteiger partial charge is 0.264 e. The zero-order valence-electron chi connectivity index (χ0n) is 16.2. The number of hydrogen-bond donors (Lipinski definition) is 1. The molecule has 0 aliphatic carbocycles. The van der Waals surface area contributed by atoms with E-state index in [1.807, 2.05) is 17.5 Å². The number of thiazole rings is 1. The average molecular weight is 431 g/mol. The number of carbonyl (C=O) groups is 1. The topological polar surface area (TPSA) is 85.4 Å². The van der Waals surface area contributed by atoms with Crippen molar-refractivity contribution in [2.24, 2.45) is 0 Å². The van der Waals surface area contributed by atoms with Gasteiger partial charge in [-0.25, -0.2) is 13.4 Å². The fourth-order valence-corrected chi connectivity index (χ4v) is 4.05. The van der Waals surface area contributed by atoms with E-state index in [9.17, 15) is 13.2 Å². The molecule has 0 atom stereocenters. The summed E-state index contributed by atoms with van der Waals surface area (Å²) in [6, 6.07) is 14.2. The SMILES string of the molecule is CCCc1ccc(-c2csc(NC(=O)COc3ccc(S(C)(=O)=O)cc3)n2)cc1. The lowest BCUT2D eigenvalue weighted by Gasteiger charge is -2.06. The highest BCUT2D eigenvalue weighted by Gasteiger charge is 2.10. The molecule has 1 amide bonds. The van der Waals surface area contributed by atoms with Crippen LogP contribution in [0.4, 0.5) is 5.13 Å². The summed E-state index contributed by atoms with van der Waals surface area (Å²) in [5.74, 6) is 0.0796. The monoisotopic (exact) mass is 430 g/mol. The Labute approximate surface area is 174 Å². The summed E-state index contributed by atoms with van der Waals surface area (Å²) in [7, 11) is -3.26. The van der Waals surface area contributed by atoms with E-state index in [1.165, 1.54) is 41.2 Å². The standard InChI is InChI=1S/C21H22N2O4S2/c1-3-4-15-5-7-16(8-6-15)19-14-28-21(22-19)23-20(24)13-27-17-9-11-18(12-10-17)29(2,25)26/h5-12,14H,3-4,13H2,1-2H3,(H,22,23,24). The van der Waals surface area contributed by atoms with Gasteiger partial charge in [-0.05, 0) is 36.2 Å². The highest BCUT2D eigenvalue weighted by molar-refractivity contribution is 7.90. The van der Waals surface area contributed by atoms with E-state index in [1.54, 1.807) is 0 Å². The number of hydrogen-bond acceptors (Lipinski definition) is 6. The number of nitrogens with one attached hydrogen (secondary N) is 1. The number of nitrogens with zero attached hydrogens (tertiary/aromatic N) is 1. The molecule has 1 heterocycles. The number of rotatable bonds is 8. The van der Waals surface area contributed by atoms with E-state index >= 15 is 0 Å². The average Bonchev–Trinajstić information content (AvgIpc) is 3.15. The zero-order chi connectivity index (χ0) is 20.9. The molecule has 2 aromatic carbocycles. The Balaban J connectivity index is 1.55. The van der Waals surface area contributed by atoms with E-state index in [-0.39, 0.29) is 17.4 Å². The van der Waals surface area contributed by atoms with Crippen molar-refractivity contribution >= 4 is 32.2 Å². The molecule has 0 saturated heterocycles. The second-order valence-corrected chi connectivity index (χ2v) is 9.44. The Morgan fingerprint density at radius 3 is 2.41 bits per heavy atom. The molecule has 0 radical (unpaired) electrons. The van der Waals surface area contributed by atoms with Gasteiger partial charge in [0.25, 0.3) is 5.91 Å². The molecule has 29 heavy (non-hydrogen) atoms. The number of anilines is 1. The van der Waals surface area contributed by atoms with Crippen LogP contribution in [0.5, 0.6) is 5.75 Å². The Morgan fingerprint density at radius 2 is 1.79 bits per heavy atom. The molecule has 0 aliphatic rings. The lowest BCUT2D eigenvalue weighted by molar-refractivity contribution is -0.118. The molecule has 0 saturated carbocycles. The summed E-state index contributed by atoms with van der Waals surface area (Å²) in [6.07, 6.45) is 3.30. The summed E-state index contributed by atoms with van der Waals surface area (Å²) >= 11 is 1.35. The number of sulfone groups is 1. The Bertz CT molecular complexity index is 1070. The van der Waals surface area contributed by atoms with Crippen LogP contribution in [0.3, 0.4) is 0 Å². The third-order valence-electron chi connectivity index (χ3n) is 4.16. The molecule has 0 aliphatic heterocycles. The second-order valence-electron chi connectivity index (χ2n) is 6.57. The lowest BCUT2D eigenvalue weighted by atomic mass is 10.1. The van der Waals surface area contributed by atoms with Crippen molar-refractivity contribution in [3.8, 4) is 17.0 Å². The van der Waals surface area contributed by atoms with Gasteiger partial charge < -0.3 is 4.74 Å². The van der Waals surface area contributed by atoms with Crippen LogP contribution in [0, 0.1) is 0 Å². The van der Waals surface area contributed by atoms with Gasteiger partial charge in [0.05, 0.1) is 10.6 Å². The van der Waals surface area contributed by atoms with Gasteiger partial charge in [-0.15, -0.1) is 11.3 Å². The van der Waals surface area contributed by atoms with Crippen molar-refractivity contribution < 1.29 is 17.9 Å². The normalized spacial score (nSPS) is 11.2. The number of aromatic nitrogens is 1. The summed E-state index contributed by atoms with van der Waals surface area (Å²) in [6.45, 7) is 1.95. The Kier molecular flexibility index (Phi) is 6.66. The van der Waals surface area contributed by atoms with Gasteiger partial charge in [0.15, 0.2) is 21.6 Å². The van der Waals surface area contributed by atoms with Crippen molar-refractivity contribution in [3.63, 3.8) is 0 Å². The van der Waals surface area contributed by atoms with Gasteiger partial charge in [-0.3, -0.25) is 10.1 Å². The molecule has 1 N–H and O–H groups in total. The maximum Gasteiger partial charge on any atom is 0.264 e. The van der Waals surface area contributed by atoms with Crippen molar-refractivity contribution in [1.29, 1.82) is 0 Å². The summed E-state index contributed by atoms with van der Waals surface area (Å²) in [4.78, 5) is 16.8. The quantitative estimate of drug-likeness (QED) is 0.579. The minimum atomic E-state index is -3.26. The minimum absolute atomic E-state index is 0.196. The van der Waals surface area contributed by atoms with Gasteiger partial charge in [0.1, 0.15) is 5.75 Å². The van der Waals surface area contributed by atoms with Crippen molar-refractivity contribution in [1.82, 2.24) is 4.98 Å². The minimum Gasteiger partial charge on any atom is -0.484 e. The van der Waals surface area contributed by atoms with E-state index < -0.39 is 9.84 Å². The van der Waals surface area contributed by atoms with Crippen LogP contribution in [0.2, 0.25) is 0 Å². The van der Waals surface area contributed by atoms with Crippen LogP contribution in [0.25, 0.3) is 11.3 Å². The zero-order valence-corrected chi connectivity index (χ0v) is 17.8. The van der Waals surface area contributed by atoms with Crippen LogP contribution < -0.4 is 10.1 Å². The molecule has 3 aromatic rings. The van der Waals surface area contributed by atoms with Crippen molar-refractivity contribution in [2.75, 3.05) is 18.2 Å². The fraction of sp³-hybridized carbons (Fsp3) is 0.238. The summed E-state index contributed by atoms with van der Waals surface area (Å²) in [5.41, 5.74) is 3.11. The van der Waals surface area contributed by atoms with E-state index in [0.29, 0.717) is 10.9 Å². The van der Waals surface area contributed by atoms with Gasteiger partial charge in [0.2, 0.25) is 0 Å². The summed E-state index contributed by atoms with van der Waals surface area (Å²) in [5, 5.41) is 5.11. The molecule has 0 unspecified atom stereocenters. The number of aryl methyl sites for hydroxylation is 1. The van der Waals surface area contributed by atoms with Crippen LogP contribution in [0.15, 0.2) is 58.8 Å². The molecule has 0 spiro atoms. The molecule has 3 rings (SSSR count). The van der Waals surface area contributed by atoms with E-state index in [2.05, 4.69) is 29.4 Å². The second kappa shape index (κ2) is 9.19. The summed E-state index contributed by atoms with van der Waals surface area (Å²) < 4.78 is 28.3. The largest absolute Gasteiger partial charge is 0.484 e. The molecular formula is C21H22N2O4S2. The first-order valence-electron chi connectivity index (χ1n) is 9.13. The first kappa shape index (κ1) is 21.0. The van der Waals surface area contributed by atoms with Crippen LogP contribution in [-0.4, -0.2) is 32.2 Å². The number of amides is 1. The van der Waals surface area contributed by atoms with E-state index in [0.717, 1.165) is 30.4 Å². The molecule has 152 valence electrons.